The van der Waals surface area contributed by atoms with Crippen LogP contribution in [0.4, 0.5) is 18.9 Å². The number of rotatable bonds is 4. The second kappa shape index (κ2) is 8.25. The maximum Gasteiger partial charge on any atom is 0.416 e. The van der Waals surface area contributed by atoms with Gasteiger partial charge in [0.25, 0.3) is 5.91 Å². The maximum atomic E-state index is 13.0. The quantitative estimate of drug-likeness (QED) is 0.756. The van der Waals surface area contributed by atoms with Gasteiger partial charge in [0.1, 0.15) is 17.5 Å². The number of halogens is 3. The molecule has 2 amide bonds. The summed E-state index contributed by atoms with van der Waals surface area (Å²) in [6.45, 7) is 1.80. The van der Waals surface area contributed by atoms with Crippen LogP contribution in [-0.2, 0) is 11.0 Å². The van der Waals surface area contributed by atoms with Crippen molar-refractivity contribution in [1.29, 1.82) is 0 Å². The van der Waals surface area contributed by atoms with Gasteiger partial charge in [0.05, 0.1) is 19.8 Å². The Bertz CT molecular complexity index is 939. The van der Waals surface area contributed by atoms with Gasteiger partial charge in [-0.25, -0.2) is 0 Å². The summed E-state index contributed by atoms with van der Waals surface area (Å²) < 4.78 is 49.4. The van der Waals surface area contributed by atoms with E-state index in [2.05, 4.69) is 0 Å². The number of ether oxygens (including phenoxy) is 2. The molecule has 30 heavy (non-hydrogen) atoms. The maximum absolute atomic E-state index is 13.0. The predicted octanol–water partition coefficient (Wildman–Crippen LogP) is 3.60. The summed E-state index contributed by atoms with van der Waals surface area (Å²) >= 11 is 0. The molecule has 0 N–H and O–H groups in total. The molecule has 0 radical (unpaired) electrons. The minimum atomic E-state index is -4.51. The van der Waals surface area contributed by atoms with E-state index >= 15 is 0 Å². The van der Waals surface area contributed by atoms with Crippen molar-refractivity contribution in [2.45, 2.75) is 19.1 Å². The molecule has 1 saturated heterocycles. The molecule has 2 aromatic carbocycles. The molecule has 1 heterocycles. The number of carbonyl (C=O) groups excluding carboxylic acids is 2. The fourth-order valence-corrected chi connectivity index (χ4v) is 3.35. The van der Waals surface area contributed by atoms with Gasteiger partial charge in [0.15, 0.2) is 0 Å². The molecule has 6 nitrogen and oxygen atoms in total. The number of amides is 2. The summed E-state index contributed by atoms with van der Waals surface area (Å²) in [5.41, 5.74) is -0.391. The summed E-state index contributed by atoms with van der Waals surface area (Å²) in [6.07, 6.45) is -4.51. The molecule has 0 aliphatic carbocycles. The molecule has 9 heteroatoms. The number of benzene rings is 2. The fourth-order valence-electron chi connectivity index (χ4n) is 3.35. The van der Waals surface area contributed by atoms with Gasteiger partial charge in [0.2, 0.25) is 5.91 Å². The first-order valence-electron chi connectivity index (χ1n) is 9.18. The molecule has 0 spiro atoms. The number of alkyl halides is 3. The lowest BCUT2D eigenvalue weighted by Crippen LogP contribution is -2.57. The topological polar surface area (TPSA) is 59.1 Å². The van der Waals surface area contributed by atoms with Crippen LogP contribution < -0.4 is 14.4 Å². The number of anilines is 1. The SMILES string of the molecule is COc1cc(OC)cc(C(=O)N2CCN(c3cccc(C(F)(F)F)c3)C(=O)C2C)c1. The Kier molecular flexibility index (Phi) is 5.91. The molecule has 2 aromatic rings. The Morgan fingerprint density at radius 3 is 2.23 bits per heavy atom. The van der Waals surface area contributed by atoms with Crippen LogP contribution in [0.15, 0.2) is 42.5 Å². The molecule has 0 saturated carbocycles. The van der Waals surface area contributed by atoms with E-state index in [9.17, 15) is 22.8 Å². The standard InChI is InChI=1S/C21H21F3N2O4/c1-13-19(27)26(16-6-4-5-15(11-16)21(22,23)24)8-7-25(13)20(28)14-9-17(29-2)12-18(10-14)30-3/h4-6,9-13H,7-8H2,1-3H3. The number of hydrogen-bond donors (Lipinski definition) is 0. The van der Waals surface area contributed by atoms with Gasteiger partial charge >= 0.3 is 6.18 Å². The van der Waals surface area contributed by atoms with E-state index in [4.69, 9.17) is 9.47 Å². The molecule has 160 valence electrons. The molecule has 1 unspecified atom stereocenters. The number of piperazine rings is 1. The Morgan fingerprint density at radius 2 is 1.67 bits per heavy atom. The summed E-state index contributed by atoms with van der Waals surface area (Å²) in [4.78, 5) is 28.6. The van der Waals surface area contributed by atoms with Crippen LogP contribution in [0.3, 0.4) is 0 Å². The number of nitrogens with zero attached hydrogens (tertiary/aromatic N) is 2. The molecular weight excluding hydrogens is 401 g/mol. The van der Waals surface area contributed by atoms with Gasteiger partial charge in [-0.2, -0.15) is 13.2 Å². The van der Waals surface area contributed by atoms with Gasteiger partial charge in [-0.05, 0) is 37.3 Å². The summed E-state index contributed by atoms with van der Waals surface area (Å²) in [5.74, 6) is 0.0130. The lowest BCUT2D eigenvalue weighted by Gasteiger charge is -2.39. The highest BCUT2D eigenvalue weighted by Gasteiger charge is 2.37. The Hall–Kier alpha value is -3.23. The average molecular weight is 422 g/mol. The number of carbonyl (C=O) groups is 2. The molecule has 0 bridgehead atoms. The van der Waals surface area contributed by atoms with Crippen LogP contribution in [0.1, 0.15) is 22.8 Å². The van der Waals surface area contributed by atoms with Crippen LogP contribution in [0.2, 0.25) is 0 Å². The Labute approximate surface area is 171 Å². The Balaban J connectivity index is 1.83. The van der Waals surface area contributed by atoms with Gasteiger partial charge in [-0.1, -0.05) is 6.07 Å². The lowest BCUT2D eigenvalue weighted by molar-refractivity contribution is -0.137. The van der Waals surface area contributed by atoms with Crippen molar-refractivity contribution in [3.8, 4) is 11.5 Å². The second-order valence-corrected chi connectivity index (χ2v) is 6.81. The van der Waals surface area contributed by atoms with E-state index in [1.165, 1.54) is 36.2 Å². The highest BCUT2D eigenvalue weighted by Crippen LogP contribution is 2.33. The van der Waals surface area contributed by atoms with Gasteiger partial charge < -0.3 is 19.3 Å². The fraction of sp³-hybridized carbons (Fsp3) is 0.333. The van der Waals surface area contributed by atoms with Crippen LogP contribution in [0.5, 0.6) is 11.5 Å². The normalized spacial score (nSPS) is 17.1. The predicted molar refractivity (Wildman–Crippen MR) is 104 cm³/mol. The third-order valence-electron chi connectivity index (χ3n) is 5.00. The van der Waals surface area contributed by atoms with E-state index in [1.54, 1.807) is 25.1 Å². The summed E-state index contributed by atoms with van der Waals surface area (Å²) in [6, 6.07) is 8.46. The Morgan fingerprint density at radius 1 is 1.03 bits per heavy atom. The smallest absolute Gasteiger partial charge is 0.416 e. The van der Waals surface area contributed by atoms with E-state index in [0.717, 1.165) is 12.1 Å². The third kappa shape index (κ3) is 4.19. The zero-order valence-corrected chi connectivity index (χ0v) is 16.7. The van der Waals surface area contributed by atoms with Crippen molar-refractivity contribution in [3.63, 3.8) is 0 Å². The zero-order valence-electron chi connectivity index (χ0n) is 16.7. The molecule has 1 atom stereocenters. The average Bonchev–Trinajstić information content (AvgIpc) is 2.74. The number of methoxy groups -OCH3 is 2. The van der Waals surface area contributed by atoms with E-state index in [-0.39, 0.29) is 18.8 Å². The summed E-state index contributed by atoms with van der Waals surface area (Å²) in [7, 11) is 2.92. The van der Waals surface area contributed by atoms with E-state index in [0.29, 0.717) is 17.1 Å². The van der Waals surface area contributed by atoms with Crippen LogP contribution in [0, 0.1) is 0 Å². The molecule has 1 aliphatic heterocycles. The third-order valence-corrected chi connectivity index (χ3v) is 5.00. The molecule has 1 fully saturated rings. The molecular formula is C21H21F3N2O4. The van der Waals surface area contributed by atoms with Crippen molar-refractivity contribution >= 4 is 17.5 Å². The first-order chi connectivity index (χ1) is 14.2. The monoisotopic (exact) mass is 422 g/mol. The van der Waals surface area contributed by atoms with Gasteiger partial charge in [0, 0.05) is 30.4 Å². The van der Waals surface area contributed by atoms with Crippen molar-refractivity contribution < 1.29 is 32.2 Å². The van der Waals surface area contributed by atoms with Crippen LogP contribution in [-0.4, -0.2) is 50.1 Å². The van der Waals surface area contributed by atoms with Crippen molar-refractivity contribution in [3.05, 3.63) is 53.6 Å². The van der Waals surface area contributed by atoms with Crippen molar-refractivity contribution in [2.24, 2.45) is 0 Å². The molecule has 1 aliphatic rings. The van der Waals surface area contributed by atoms with Gasteiger partial charge in [-0.15, -0.1) is 0 Å². The number of hydrogen-bond acceptors (Lipinski definition) is 4. The van der Waals surface area contributed by atoms with Gasteiger partial charge in [-0.3, -0.25) is 9.59 Å². The zero-order chi connectivity index (χ0) is 22.1. The van der Waals surface area contributed by atoms with E-state index in [1.807, 2.05) is 0 Å². The van der Waals surface area contributed by atoms with Crippen LogP contribution in [0.25, 0.3) is 0 Å². The van der Waals surface area contributed by atoms with Crippen molar-refractivity contribution in [2.75, 3.05) is 32.2 Å². The lowest BCUT2D eigenvalue weighted by atomic mass is 10.1. The first kappa shape index (κ1) is 21.5. The first-order valence-corrected chi connectivity index (χ1v) is 9.18. The minimum Gasteiger partial charge on any atom is -0.497 e. The summed E-state index contributed by atoms with van der Waals surface area (Å²) in [5, 5.41) is 0. The highest BCUT2D eigenvalue weighted by molar-refractivity contribution is 6.03. The van der Waals surface area contributed by atoms with E-state index < -0.39 is 29.6 Å². The highest BCUT2D eigenvalue weighted by atomic mass is 19.4. The minimum absolute atomic E-state index is 0.0807. The largest absolute Gasteiger partial charge is 0.497 e. The van der Waals surface area contributed by atoms with Crippen LogP contribution >= 0.6 is 0 Å². The van der Waals surface area contributed by atoms with Crippen molar-refractivity contribution in [1.82, 2.24) is 4.90 Å². The molecule has 0 aromatic heterocycles. The second-order valence-electron chi connectivity index (χ2n) is 6.81. The molecule has 3 rings (SSSR count).